The predicted octanol–water partition coefficient (Wildman–Crippen LogP) is 0.621. The van der Waals surface area contributed by atoms with Crippen molar-refractivity contribution in [2.45, 2.75) is 37.6 Å². The van der Waals surface area contributed by atoms with Crippen LogP contribution in [0.1, 0.15) is 6.92 Å². The summed E-state index contributed by atoms with van der Waals surface area (Å²) in [4.78, 5) is 24.7. The lowest BCUT2D eigenvalue weighted by Gasteiger charge is -2.39. The Hall–Kier alpha value is -3.64. The molecule has 2 aromatic carbocycles. The second kappa shape index (κ2) is 9.31. The van der Waals surface area contributed by atoms with E-state index in [-0.39, 0.29) is 23.3 Å². The molecule has 1 aromatic heterocycles. The summed E-state index contributed by atoms with van der Waals surface area (Å²) in [5.74, 6) is -3.00. The van der Waals surface area contributed by atoms with Crippen LogP contribution in [0.5, 0.6) is 17.2 Å². The van der Waals surface area contributed by atoms with Gasteiger partial charge in [0.1, 0.15) is 35.0 Å². The van der Waals surface area contributed by atoms with Gasteiger partial charge in [-0.2, -0.15) is 0 Å². The SMILES string of the molecule is CCOC(=O)C1OC(Oc2cc3oc(-c4ccccc4)cc(=O)c3c(O)c2O)C(O)C(O)C1O. The first-order valence-corrected chi connectivity index (χ1v) is 10.3. The summed E-state index contributed by atoms with van der Waals surface area (Å²) in [6.45, 7) is 1.50. The largest absolute Gasteiger partial charge is 0.504 e. The van der Waals surface area contributed by atoms with Crippen molar-refractivity contribution in [2.75, 3.05) is 6.61 Å². The van der Waals surface area contributed by atoms with E-state index in [4.69, 9.17) is 18.6 Å². The number of rotatable bonds is 5. The van der Waals surface area contributed by atoms with E-state index in [1.165, 1.54) is 6.92 Å². The second-order valence-corrected chi connectivity index (χ2v) is 7.55. The van der Waals surface area contributed by atoms with Crippen LogP contribution in [0.2, 0.25) is 0 Å². The Kier molecular flexibility index (Phi) is 6.44. The summed E-state index contributed by atoms with van der Waals surface area (Å²) in [6.07, 6.45) is -8.96. The maximum Gasteiger partial charge on any atom is 0.338 e. The fraction of sp³-hybridized carbons (Fsp3) is 0.304. The van der Waals surface area contributed by atoms with Crippen LogP contribution < -0.4 is 10.2 Å². The lowest BCUT2D eigenvalue weighted by atomic mass is 9.99. The fourth-order valence-electron chi connectivity index (χ4n) is 3.59. The Balaban J connectivity index is 1.73. The van der Waals surface area contributed by atoms with Crippen molar-refractivity contribution in [1.29, 1.82) is 0 Å². The van der Waals surface area contributed by atoms with Crippen LogP contribution in [0.15, 0.2) is 51.7 Å². The normalized spacial score (nSPS) is 24.6. The number of fused-ring (bicyclic) bond motifs is 1. The molecule has 2 heterocycles. The molecule has 180 valence electrons. The first-order valence-electron chi connectivity index (χ1n) is 10.3. The highest BCUT2D eigenvalue weighted by Gasteiger charge is 2.49. The van der Waals surface area contributed by atoms with E-state index >= 15 is 0 Å². The lowest BCUT2D eigenvalue weighted by molar-refractivity contribution is -0.272. The van der Waals surface area contributed by atoms with Crippen LogP contribution in [0, 0.1) is 0 Å². The number of carbonyl (C=O) groups excluding carboxylic acids is 1. The maximum atomic E-state index is 12.6. The quantitative estimate of drug-likeness (QED) is 0.259. The third kappa shape index (κ3) is 4.17. The number of esters is 1. The molecule has 0 bridgehead atoms. The van der Waals surface area contributed by atoms with Gasteiger partial charge in [-0.25, -0.2) is 4.79 Å². The number of hydrogen-bond donors (Lipinski definition) is 5. The van der Waals surface area contributed by atoms with Gasteiger partial charge in [0.15, 0.2) is 23.0 Å². The van der Waals surface area contributed by atoms with Crippen molar-refractivity contribution in [2.24, 2.45) is 0 Å². The van der Waals surface area contributed by atoms with Crippen molar-refractivity contribution in [3.8, 4) is 28.6 Å². The number of aliphatic hydroxyl groups excluding tert-OH is 3. The van der Waals surface area contributed by atoms with Crippen molar-refractivity contribution < 1.29 is 49.0 Å². The standard InChI is InChI=1S/C23H22O11/c1-2-31-22(30)21-19(28)18(27)20(29)23(34-21)33-14-9-13-15(17(26)16(14)25)11(24)8-12(32-13)10-6-4-3-5-7-10/h3-9,18-21,23,25-29H,2H2,1H3. The third-order valence-corrected chi connectivity index (χ3v) is 5.32. The predicted molar refractivity (Wildman–Crippen MR) is 115 cm³/mol. The van der Waals surface area contributed by atoms with E-state index in [9.17, 15) is 35.1 Å². The number of ether oxygens (including phenoxy) is 3. The smallest absolute Gasteiger partial charge is 0.338 e. The van der Waals surface area contributed by atoms with Gasteiger partial charge in [-0.15, -0.1) is 0 Å². The van der Waals surface area contributed by atoms with Gasteiger partial charge in [-0.05, 0) is 6.92 Å². The maximum absolute atomic E-state index is 12.6. The van der Waals surface area contributed by atoms with Crippen molar-refractivity contribution >= 4 is 16.9 Å². The van der Waals surface area contributed by atoms with Crippen LogP contribution in [0.4, 0.5) is 0 Å². The van der Waals surface area contributed by atoms with Gasteiger partial charge < -0.3 is 44.2 Å². The molecule has 0 amide bonds. The van der Waals surface area contributed by atoms with Gasteiger partial charge >= 0.3 is 5.97 Å². The first-order chi connectivity index (χ1) is 16.2. The summed E-state index contributed by atoms with van der Waals surface area (Å²) in [5.41, 5.74) is -0.198. The Morgan fingerprint density at radius 2 is 1.71 bits per heavy atom. The first kappa shape index (κ1) is 23.5. The highest BCUT2D eigenvalue weighted by molar-refractivity contribution is 5.89. The molecule has 34 heavy (non-hydrogen) atoms. The minimum absolute atomic E-state index is 0.0301. The molecule has 1 fully saturated rings. The van der Waals surface area contributed by atoms with E-state index in [2.05, 4.69) is 0 Å². The average Bonchev–Trinajstić information content (AvgIpc) is 2.82. The van der Waals surface area contributed by atoms with Crippen LogP contribution in [-0.4, -0.2) is 68.8 Å². The van der Waals surface area contributed by atoms with Gasteiger partial charge in [0.25, 0.3) is 0 Å². The topological polar surface area (TPSA) is 176 Å². The number of aliphatic hydroxyl groups is 3. The highest BCUT2D eigenvalue weighted by atomic mass is 16.7. The molecule has 5 N–H and O–H groups in total. The number of hydrogen-bond acceptors (Lipinski definition) is 11. The summed E-state index contributed by atoms with van der Waals surface area (Å²) >= 11 is 0. The Bertz CT molecular complexity index is 1250. The second-order valence-electron chi connectivity index (χ2n) is 7.55. The molecular formula is C23H22O11. The Morgan fingerprint density at radius 1 is 1.00 bits per heavy atom. The van der Waals surface area contributed by atoms with Crippen LogP contribution in [0.3, 0.4) is 0 Å². The molecule has 3 aromatic rings. The van der Waals surface area contributed by atoms with E-state index in [0.29, 0.717) is 5.56 Å². The van der Waals surface area contributed by atoms with Crippen LogP contribution >= 0.6 is 0 Å². The third-order valence-electron chi connectivity index (χ3n) is 5.32. The Labute approximate surface area is 192 Å². The number of carbonyl (C=O) groups is 1. The summed E-state index contributed by atoms with van der Waals surface area (Å²) < 4.78 is 21.2. The monoisotopic (exact) mass is 474 g/mol. The molecule has 11 nitrogen and oxygen atoms in total. The summed E-state index contributed by atoms with van der Waals surface area (Å²) in [5, 5.41) is 51.0. The zero-order chi connectivity index (χ0) is 24.6. The molecule has 0 aliphatic carbocycles. The zero-order valence-electron chi connectivity index (χ0n) is 17.8. The average molecular weight is 474 g/mol. The van der Waals surface area contributed by atoms with E-state index in [1.54, 1.807) is 30.3 Å². The molecule has 5 atom stereocenters. The van der Waals surface area contributed by atoms with E-state index < -0.39 is 59.4 Å². The molecule has 0 saturated carbocycles. The molecule has 0 radical (unpaired) electrons. The van der Waals surface area contributed by atoms with E-state index in [1.807, 2.05) is 0 Å². The number of phenols is 2. The molecule has 1 aliphatic rings. The van der Waals surface area contributed by atoms with Crippen molar-refractivity contribution in [3.05, 3.63) is 52.7 Å². The van der Waals surface area contributed by atoms with Crippen molar-refractivity contribution in [1.82, 2.24) is 0 Å². The lowest BCUT2D eigenvalue weighted by Crippen LogP contribution is -2.61. The fourth-order valence-corrected chi connectivity index (χ4v) is 3.59. The highest BCUT2D eigenvalue weighted by Crippen LogP contribution is 2.42. The zero-order valence-corrected chi connectivity index (χ0v) is 17.8. The minimum atomic E-state index is -1.85. The van der Waals surface area contributed by atoms with Gasteiger partial charge in [0.2, 0.25) is 12.0 Å². The summed E-state index contributed by atoms with van der Waals surface area (Å²) in [6, 6.07) is 10.9. The van der Waals surface area contributed by atoms with Crippen molar-refractivity contribution in [3.63, 3.8) is 0 Å². The molecule has 1 aliphatic heterocycles. The Morgan fingerprint density at radius 3 is 2.38 bits per heavy atom. The molecule has 0 spiro atoms. The van der Waals surface area contributed by atoms with Gasteiger partial charge in [0, 0.05) is 17.7 Å². The van der Waals surface area contributed by atoms with Crippen LogP contribution in [-0.2, 0) is 14.3 Å². The molecule has 1 saturated heterocycles. The molecule has 5 unspecified atom stereocenters. The van der Waals surface area contributed by atoms with Gasteiger partial charge in [-0.3, -0.25) is 4.79 Å². The number of phenolic OH excluding ortho intramolecular Hbond substituents is 2. The van der Waals surface area contributed by atoms with Gasteiger partial charge in [0.05, 0.1) is 6.61 Å². The number of aromatic hydroxyl groups is 2. The van der Waals surface area contributed by atoms with Crippen LogP contribution in [0.25, 0.3) is 22.3 Å². The van der Waals surface area contributed by atoms with E-state index in [0.717, 1.165) is 12.1 Å². The number of benzene rings is 2. The minimum Gasteiger partial charge on any atom is -0.504 e. The molecular weight excluding hydrogens is 452 g/mol. The molecule has 11 heteroatoms. The van der Waals surface area contributed by atoms with Gasteiger partial charge in [-0.1, -0.05) is 30.3 Å². The summed E-state index contributed by atoms with van der Waals surface area (Å²) in [7, 11) is 0. The molecule has 4 rings (SSSR count).